The Balaban J connectivity index is 1.51. The van der Waals surface area contributed by atoms with Crippen LogP contribution in [0, 0.1) is 0 Å². The maximum absolute atomic E-state index is 5.92. The molecule has 0 radical (unpaired) electrons. The topological polar surface area (TPSA) is 21.3 Å². The lowest BCUT2D eigenvalue weighted by Crippen LogP contribution is -2.28. The van der Waals surface area contributed by atoms with E-state index in [1.54, 1.807) is 0 Å². The van der Waals surface area contributed by atoms with Crippen molar-refractivity contribution in [1.29, 1.82) is 0 Å². The standard InChI is InChI=1S/C16H23NOS2/c1-16(2)8-13-7-12(3-4-15(13)18-16)9-17-10-14-11-19-5-6-20-14/h3-4,7,14,17H,5-6,8-11H2,1-2H3. The summed E-state index contributed by atoms with van der Waals surface area (Å²) in [6.45, 7) is 6.40. The predicted octanol–water partition coefficient (Wildman–Crippen LogP) is 3.34. The van der Waals surface area contributed by atoms with Crippen LogP contribution in [0.1, 0.15) is 25.0 Å². The Morgan fingerprint density at radius 2 is 2.25 bits per heavy atom. The maximum atomic E-state index is 5.92. The van der Waals surface area contributed by atoms with Crippen LogP contribution in [0.3, 0.4) is 0 Å². The highest BCUT2D eigenvalue weighted by molar-refractivity contribution is 8.06. The van der Waals surface area contributed by atoms with E-state index in [2.05, 4.69) is 60.9 Å². The van der Waals surface area contributed by atoms with Gasteiger partial charge in [-0.15, -0.1) is 0 Å². The van der Waals surface area contributed by atoms with Crippen molar-refractivity contribution in [2.24, 2.45) is 0 Å². The summed E-state index contributed by atoms with van der Waals surface area (Å²) in [5.74, 6) is 4.99. The predicted molar refractivity (Wildman–Crippen MR) is 90.1 cm³/mol. The van der Waals surface area contributed by atoms with Gasteiger partial charge in [0.25, 0.3) is 0 Å². The van der Waals surface area contributed by atoms with Crippen molar-refractivity contribution in [3.8, 4) is 5.75 Å². The number of thioether (sulfide) groups is 2. The van der Waals surface area contributed by atoms with Crippen LogP contribution in [0.25, 0.3) is 0 Å². The second-order valence-corrected chi connectivity index (χ2v) is 8.74. The van der Waals surface area contributed by atoms with Gasteiger partial charge in [-0.1, -0.05) is 12.1 Å². The largest absolute Gasteiger partial charge is 0.487 e. The molecular weight excluding hydrogens is 286 g/mol. The number of benzene rings is 1. The lowest BCUT2D eigenvalue weighted by atomic mass is 10.0. The fraction of sp³-hybridized carbons (Fsp3) is 0.625. The van der Waals surface area contributed by atoms with Crippen molar-refractivity contribution in [1.82, 2.24) is 5.32 Å². The Kier molecular flexibility index (Phi) is 4.53. The molecule has 0 aromatic heterocycles. The van der Waals surface area contributed by atoms with Gasteiger partial charge in [0, 0.05) is 42.0 Å². The highest BCUT2D eigenvalue weighted by Crippen LogP contribution is 2.35. The lowest BCUT2D eigenvalue weighted by Gasteiger charge is -2.21. The van der Waals surface area contributed by atoms with Crippen LogP contribution >= 0.6 is 23.5 Å². The van der Waals surface area contributed by atoms with Gasteiger partial charge in [-0.05, 0) is 31.0 Å². The third-order valence-corrected chi connectivity index (χ3v) is 6.56. The van der Waals surface area contributed by atoms with Gasteiger partial charge >= 0.3 is 0 Å². The number of nitrogens with one attached hydrogen (secondary N) is 1. The average Bonchev–Trinajstić information content (AvgIpc) is 2.73. The van der Waals surface area contributed by atoms with Crippen molar-refractivity contribution < 1.29 is 4.74 Å². The smallest absolute Gasteiger partial charge is 0.123 e. The fourth-order valence-electron chi connectivity index (χ4n) is 2.80. The van der Waals surface area contributed by atoms with Gasteiger partial charge in [-0.25, -0.2) is 0 Å². The van der Waals surface area contributed by atoms with E-state index >= 15 is 0 Å². The van der Waals surface area contributed by atoms with Crippen LogP contribution in [0.15, 0.2) is 18.2 Å². The van der Waals surface area contributed by atoms with Gasteiger partial charge in [-0.3, -0.25) is 0 Å². The molecule has 2 heterocycles. The monoisotopic (exact) mass is 309 g/mol. The van der Waals surface area contributed by atoms with Crippen molar-refractivity contribution >= 4 is 23.5 Å². The molecule has 0 saturated carbocycles. The van der Waals surface area contributed by atoms with E-state index in [0.717, 1.165) is 30.5 Å². The van der Waals surface area contributed by atoms with Crippen LogP contribution in [-0.2, 0) is 13.0 Å². The first-order valence-corrected chi connectivity index (χ1v) is 9.54. The first-order chi connectivity index (χ1) is 9.62. The molecule has 20 heavy (non-hydrogen) atoms. The maximum Gasteiger partial charge on any atom is 0.123 e. The number of hydrogen-bond donors (Lipinski definition) is 1. The Bertz CT molecular complexity index is 470. The lowest BCUT2D eigenvalue weighted by molar-refractivity contribution is 0.138. The molecule has 1 unspecified atom stereocenters. The number of ether oxygens (including phenoxy) is 1. The van der Waals surface area contributed by atoms with E-state index in [1.807, 2.05) is 0 Å². The highest BCUT2D eigenvalue weighted by Gasteiger charge is 2.29. The molecule has 0 aliphatic carbocycles. The molecule has 1 saturated heterocycles. The van der Waals surface area contributed by atoms with Crippen LogP contribution in [0.2, 0.25) is 0 Å². The third kappa shape index (κ3) is 3.66. The van der Waals surface area contributed by atoms with E-state index in [4.69, 9.17) is 4.74 Å². The molecule has 0 spiro atoms. The second kappa shape index (κ2) is 6.20. The summed E-state index contributed by atoms with van der Waals surface area (Å²) in [6, 6.07) is 6.63. The van der Waals surface area contributed by atoms with Crippen molar-refractivity contribution in [2.45, 2.75) is 37.7 Å². The molecule has 2 aliphatic heterocycles. The minimum atomic E-state index is -0.0374. The van der Waals surface area contributed by atoms with Gasteiger partial charge in [-0.2, -0.15) is 23.5 Å². The Morgan fingerprint density at radius 3 is 3.05 bits per heavy atom. The summed E-state index contributed by atoms with van der Waals surface area (Å²) >= 11 is 4.20. The zero-order valence-corrected chi connectivity index (χ0v) is 13.9. The Hall–Kier alpha value is -0.320. The van der Waals surface area contributed by atoms with Gasteiger partial charge in [0.05, 0.1) is 0 Å². The number of fused-ring (bicyclic) bond motifs is 1. The molecule has 1 fully saturated rings. The zero-order valence-electron chi connectivity index (χ0n) is 12.3. The molecule has 4 heteroatoms. The molecule has 1 N–H and O–H groups in total. The first kappa shape index (κ1) is 14.6. The summed E-state index contributed by atoms with van der Waals surface area (Å²) in [7, 11) is 0. The summed E-state index contributed by atoms with van der Waals surface area (Å²) in [5.41, 5.74) is 2.69. The van der Waals surface area contributed by atoms with Gasteiger partial charge in [0.15, 0.2) is 0 Å². The quantitative estimate of drug-likeness (QED) is 0.920. The number of hydrogen-bond acceptors (Lipinski definition) is 4. The third-order valence-electron chi connectivity index (χ3n) is 3.71. The molecule has 3 rings (SSSR count). The molecule has 0 amide bonds. The summed E-state index contributed by atoms with van der Waals surface area (Å²) in [4.78, 5) is 0. The van der Waals surface area contributed by atoms with E-state index in [1.165, 1.54) is 28.4 Å². The molecule has 1 atom stereocenters. The molecule has 110 valence electrons. The summed E-state index contributed by atoms with van der Waals surface area (Å²) in [5, 5.41) is 4.39. The SMILES string of the molecule is CC1(C)Cc2cc(CNCC3CSCCS3)ccc2O1. The Morgan fingerprint density at radius 1 is 1.35 bits per heavy atom. The minimum Gasteiger partial charge on any atom is -0.487 e. The van der Waals surface area contributed by atoms with E-state index in [-0.39, 0.29) is 5.60 Å². The van der Waals surface area contributed by atoms with Crippen LogP contribution < -0.4 is 10.1 Å². The minimum absolute atomic E-state index is 0.0374. The highest BCUT2D eigenvalue weighted by atomic mass is 32.2. The summed E-state index contributed by atoms with van der Waals surface area (Å²) < 4.78 is 5.92. The number of rotatable bonds is 4. The van der Waals surface area contributed by atoms with Gasteiger partial charge in [0.2, 0.25) is 0 Å². The molecule has 1 aromatic carbocycles. The fourth-order valence-corrected chi connectivity index (χ4v) is 5.45. The molecule has 2 aliphatic rings. The van der Waals surface area contributed by atoms with E-state index in [0.29, 0.717) is 0 Å². The van der Waals surface area contributed by atoms with Crippen molar-refractivity contribution in [3.05, 3.63) is 29.3 Å². The molecular formula is C16H23NOS2. The van der Waals surface area contributed by atoms with E-state index in [9.17, 15) is 0 Å². The second-order valence-electron chi connectivity index (χ2n) is 6.18. The molecule has 2 nitrogen and oxygen atoms in total. The first-order valence-electron chi connectivity index (χ1n) is 7.33. The van der Waals surface area contributed by atoms with Crippen molar-refractivity contribution in [3.63, 3.8) is 0 Å². The normalized spacial score (nSPS) is 24.2. The zero-order chi connectivity index (χ0) is 14.0. The van der Waals surface area contributed by atoms with Gasteiger partial charge in [0.1, 0.15) is 11.4 Å². The van der Waals surface area contributed by atoms with Crippen LogP contribution in [0.5, 0.6) is 5.75 Å². The Labute approximate surface area is 130 Å². The molecule has 0 bridgehead atoms. The summed E-state index contributed by atoms with van der Waals surface area (Å²) in [6.07, 6.45) is 1.02. The average molecular weight is 310 g/mol. The van der Waals surface area contributed by atoms with Crippen LogP contribution in [-0.4, -0.2) is 34.7 Å². The molecule has 1 aromatic rings. The van der Waals surface area contributed by atoms with E-state index < -0.39 is 0 Å². The van der Waals surface area contributed by atoms with Crippen LogP contribution in [0.4, 0.5) is 0 Å². The van der Waals surface area contributed by atoms with Gasteiger partial charge < -0.3 is 10.1 Å². The van der Waals surface area contributed by atoms with Crippen molar-refractivity contribution in [2.75, 3.05) is 23.8 Å².